The molecule has 0 saturated carbocycles. The number of fused-ring (bicyclic) bond motifs is 7. The third-order valence-electron chi connectivity index (χ3n) is 6.56. The van der Waals surface area contributed by atoms with Crippen LogP contribution in [-0.4, -0.2) is 73.7 Å². The van der Waals surface area contributed by atoms with E-state index in [1.54, 1.807) is 47.5 Å². The summed E-state index contributed by atoms with van der Waals surface area (Å²) in [5.41, 5.74) is 1.53. The number of aromatic nitrogens is 1. The zero-order valence-electron chi connectivity index (χ0n) is 21.5. The molecule has 39 heavy (non-hydrogen) atoms. The third kappa shape index (κ3) is 5.71. The van der Waals surface area contributed by atoms with Crippen molar-refractivity contribution in [3.63, 3.8) is 0 Å². The normalized spacial score (nSPS) is 19.1. The Balaban J connectivity index is 1.49. The lowest BCUT2D eigenvalue weighted by atomic mass is 10.1. The molecule has 1 aromatic heterocycles. The van der Waals surface area contributed by atoms with Crippen LogP contribution < -0.4 is 29.6 Å². The number of hydrogen-bond donors (Lipinski definition) is 2. The smallest absolute Gasteiger partial charge is 0.258 e. The molecule has 3 amide bonds. The number of carbonyl (C=O) groups excluding carboxylic acids is 3. The minimum absolute atomic E-state index is 0.214. The van der Waals surface area contributed by atoms with Crippen LogP contribution in [0, 0.1) is 0 Å². The molecule has 11 nitrogen and oxygen atoms in total. The Morgan fingerprint density at radius 2 is 1.87 bits per heavy atom. The first-order valence-electron chi connectivity index (χ1n) is 12.4. The highest BCUT2D eigenvalue weighted by Gasteiger charge is 2.39. The second-order valence-corrected chi connectivity index (χ2v) is 9.10. The lowest BCUT2D eigenvalue weighted by Gasteiger charge is -2.22. The van der Waals surface area contributed by atoms with Crippen molar-refractivity contribution in [2.24, 2.45) is 0 Å². The van der Waals surface area contributed by atoms with Crippen molar-refractivity contribution in [1.29, 1.82) is 0 Å². The third-order valence-corrected chi connectivity index (χ3v) is 6.56. The monoisotopic (exact) mass is 532 g/mol. The maximum Gasteiger partial charge on any atom is 0.258 e. The van der Waals surface area contributed by atoms with E-state index in [4.69, 9.17) is 18.9 Å². The molecular weight excluding hydrogens is 504 g/mol. The van der Waals surface area contributed by atoms with Crippen LogP contribution in [0.15, 0.2) is 60.9 Å². The van der Waals surface area contributed by atoms with E-state index in [2.05, 4.69) is 15.6 Å². The average molecular weight is 533 g/mol. The number of hydrogen-bond acceptors (Lipinski definition) is 8. The van der Waals surface area contributed by atoms with Gasteiger partial charge in [-0.05, 0) is 48.0 Å². The highest BCUT2D eigenvalue weighted by atomic mass is 16.5. The second-order valence-electron chi connectivity index (χ2n) is 9.10. The van der Waals surface area contributed by atoms with Gasteiger partial charge in [0.25, 0.3) is 17.7 Å². The predicted octanol–water partition coefficient (Wildman–Crippen LogP) is 1.81. The Kier molecular flexibility index (Phi) is 7.48. The fourth-order valence-corrected chi connectivity index (χ4v) is 4.53. The van der Waals surface area contributed by atoms with Crippen molar-refractivity contribution in [2.75, 3.05) is 33.9 Å². The average Bonchev–Trinajstić information content (AvgIpc) is 3.36. The van der Waals surface area contributed by atoms with E-state index in [1.165, 1.54) is 26.5 Å². The van der Waals surface area contributed by atoms with Crippen molar-refractivity contribution in [2.45, 2.75) is 18.7 Å². The van der Waals surface area contributed by atoms with Crippen molar-refractivity contribution in [3.8, 4) is 23.0 Å². The predicted molar refractivity (Wildman–Crippen MR) is 139 cm³/mol. The van der Waals surface area contributed by atoms with Gasteiger partial charge in [-0.1, -0.05) is 6.07 Å². The quantitative estimate of drug-likeness (QED) is 0.523. The molecule has 11 heteroatoms. The summed E-state index contributed by atoms with van der Waals surface area (Å²) in [6, 6.07) is 12.9. The molecule has 6 rings (SSSR count). The number of carbonyl (C=O) groups is 3. The van der Waals surface area contributed by atoms with Crippen molar-refractivity contribution < 1.29 is 33.3 Å². The summed E-state index contributed by atoms with van der Waals surface area (Å²) >= 11 is 0. The van der Waals surface area contributed by atoms with E-state index in [9.17, 15) is 14.4 Å². The first-order chi connectivity index (χ1) is 18.9. The first-order valence-corrected chi connectivity index (χ1v) is 12.4. The van der Waals surface area contributed by atoms with Gasteiger partial charge in [0.05, 0.1) is 32.4 Å². The first kappa shape index (κ1) is 25.8. The Morgan fingerprint density at radius 1 is 1.03 bits per heavy atom. The maximum atomic E-state index is 13.3. The van der Waals surface area contributed by atoms with Crippen LogP contribution in [0.1, 0.15) is 26.3 Å². The van der Waals surface area contributed by atoms with Gasteiger partial charge in [0.1, 0.15) is 6.10 Å². The van der Waals surface area contributed by atoms with Crippen LogP contribution in [0.3, 0.4) is 0 Å². The van der Waals surface area contributed by atoms with Crippen LogP contribution in [0.2, 0.25) is 0 Å². The zero-order chi connectivity index (χ0) is 27.4. The lowest BCUT2D eigenvalue weighted by Crippen LogP contribution is -2.45. The van der Waals surface area contributed by atoms with Crippen molar-refractivity contribution in [1.82, 2.24) is 20.5 Å². The number of benzene rings is 2. The van der Waals surface area contributed by atoms with Crippen LogP contribution in [0.5, 0.6) is 23.0 Å². The van der Waals surface area contributed by atoms with Gasteiger partial charge in [-0.2, -0.15) is 0 Å². The van der Waals surface area contributed by atoms with E-state index >= 15 is 0 Å². The van der Waals surface area contributed by atoms with E-state index in [0.29, 0.717) is 28.4 Å². The molecule has 1 saturated heterocycles. The molecule has 0 radical (unpaired) electrons. The van der Waals surface area contributed by atoms with Gasteiger partial charge in [-0.25, -0.2) is 0 Å². The zero-order valence-corrected chi connectivity index (χ0v) is 21.5. The van der Waals surface area contributed by atoms with Gasteiger partial charge in [-0.3, -0.25) is 19.4 Å². The fourth-order valence-electron chi connectivity index (χ4n) is 4.53. The van der Waals surface area contributed by atoms with E-state index in [1.807, 2.05) is 6.07 Å². The number of amides is 3. The number of nitrogens with one attached hydrogen (secondary N) is 2. The maximum absolute atomic E-state index is 13.3. The summed E-state index contributed by atoms with van der Waals surface area (Å²) in [5.74, 6) is 0.591. The molecule has 4 heterocycles. The minimum Gasteiger partial charge on any atom is -0.493 e. The van der Waals surface area contributed by atoms with Crippen LogP contribution in [0.25, 0.3) is 0 Å². The molecule has 1 fully saturated rings. The molecular formula is C28H28N4O7. The molecule has 202 valence electrons. The van der Waals surface area contributed by atoms with Crippen molar-refractivity contribution >= 4 is 17.7 Å². The van der Waals surface area contributed by atoms with Gasteiger partial charge < -0.3 is 34.5 Å². The molecule has 2 atom stereocenters. The van der Waals surface area contributed by atoms with Gasteiger partial charge in [0, 0.05) is 31.0 Å². The van der Waals surface area contributed by atoms with Gasteiger partial charge >= 0.3 is 0 Å². The highest BCUT2D eigenvalue weighted by Crippen LogP contribution is 2.32. The number of rotatable bonds is 3. The van der Waals surface area contributed by atoms with Crippen LogP contribution in [0.4, 0.5) is 0 Å². The Bertz CT molecular complexity index is 1380. The van der Waals surface area contributed by atoms with Gasteiger partial charge in [0.15, 0.2) is 29.6 Å². The molecule has 3 aliphatic heterocycles. The molecule has 0 unspecified atom stereocenters. The Morgan fingerprint density at radius 3 is 2.64 bits per heavy atom. The molecule has 0 spiro atoms. The number of nitrogens with zero attached hydrogens (tertiary/aromatic N) is 2. The molecule has 0 aliphatic carbocycles. The number of ether oxygens (including phenoxy) is 4. The standard InChI is InChI=1S/C28H28N4O7/c1-36-21-8-6-18-11-24(21)38-16-26(33)30-12-17-5-7-22(23(10-17)37-2)39-25-15-32(14-20(25)31-27(18)34)28(35)19-4-3-9-29-13-19/h3-11,13,20,25H,12,14-16H2,1-2H3,(H,30,33)(H,31,34)/t20-,25-/m0/s1. The van der Waals surface area contributed by atoms with Gasteiger partial charge in [-0.15, -0.1) is 0 Å². The SMILES string of the molecule is COc1ccc2cc1OCC(=O)NCc1ccc(c(OC)c1)O[C@H]1CN(C(=O)c3cccnc3)C[C@@H]1NC2=O. The largest absolute Gasteiger partial charge is 0.493 e. The summed E-state index contributed by atoms with van der Waals surface area (Å²) in [7, 11) is 3.00. The number of likely N-dealkylation sites (tertiary alicyclic amines) is 1. The van der Waals surface area contributed by atoms with E-state index in [0.717, 1.165) is 5.56 Å². The molecule has 3 aliphatic rings. The number of pyridine rings is 1. The minimum atomic E-state index is -0.571. The van der Waals surface area contributed by atoms with Crippen LogP contribution in [-0.2, 0) is 11.3 Å². The Hall–Kier alpha value is -4.80. The molecule has 2 aromatic carbocycles. The van der Waals surface area contributed by atoms with E-state index in [-0.39, 0.29) is 43.8 Å². The summed E-state index contributed by atoms with van der Waals surface area (Å²) in [6.07, 6.45) is 2.54. The second kappa shape index (κ2) is 11.3. The molecule has 4 bridgehead atoms. The highest BCUT2D eigenvalue weighted by molar-refractivity contribution is 5.96. The fraction of sp³-hybridized carbons (Fsp3) is 0.286. The lowest BCUT2D eigenvalue weighted by molar-refractivity contribution is -0.123. The Labute approximate surface area is 225 Å². The summed E-state index contributed by atoms with van der Waals surface area (Å²) in [5, 5.41) is 5.80. The number of methoxy groups -OCH3 is 2. The topological polar surface area (TPSA) is 128 Å². The van der Waals surface area contributed by atoms with Gasteiger partial charge in [0.2, 0.25) is 0 Å². The molecule has 3 aromatic rings. The van der Waals surface area contributed by atoms with Crippen LogP contribution >= 0.6 is 0 Å². The molecule has 2 N–H and O–H groups in total. The summed E-state index contributed by atoms with van der Waals surface area (Å²) in [6.45, 7) is 0.435. The van der Waals surface area contributed by atoms with Crippen molar-refractivity contribution in [3.05, 3.63) is 77.6 Å². The summed E-state index contributed by atoms with van der Waals surface area (Å²) < 4.78 is 22.9. The summed E-state index contributed by atoms with van der Waals surface area (Å²) in [4.78, 5) is 44.6. The van der Waals surface area contributed by atoms with E-state index < -0.39 is 18.1 Å².